The van der Waals surface area contributed by atoms with E-state index in [-0.39, 0.29) is 10.9 Å². The smallest absolute Gasteiger partial charge is 0.197 e. The van der Waals surface area contributed by atoms with E-state index >= 15 is 0 Å². The van der Waals surface area contributed by atoms with E-state index in [0.717, 1.165) is 0 Å². The molecule has 6 nitrogen and oxygen atoms in total. The van der Waals surface area contributed by atoms with Crippen LogP contribution in [0.3, 0.4) is 0 Å². The van der Waals surface area contributed by atoms with Gasteiger partial charge in [-0.25, -0.2) is 0 Å². The van der Waals surface area contributed by atoms with Crippen molar-refractivity contribution in [3.05, 3.63) is 130 Å². The molecule has 0 spiro atoms. The van der Waals surface area contributed by atoms with Crippen molar-refractivity contribution in [2.45, 2.75) is 0 Å². The van der Waals surface area contributed by atoms with Gasteiger partial charge < -0.3 is 19.4 Å². The molecule has 0 unspecified atom stereocenters. The van der Waals surface area contributed by atoms with E-state index in [1.807, 2.05) is 72.8 Å². The van der Waals surface area contributed by atoms with E-state index < -0.39 is 0 Å². The van der Waals surface area contributed by atoms with Crippen molar-refractivity contribution in [2.24, 2.45) is 0 Å². The van der Waals surface area contributed by atoms with Crippen molar-refractivity contribution in [3.8, 4) is 23.0 Å². The lowest BCUT2D eigenvalue weighted by molar-refractivity contribution is 0.487. The Hall–Kier alpha value is -5.36. The average Bonchev–Trinajstić information content (AvgIpc) is 2.95. The number of hydrogen-bond donors (Lipinski definition) is 2. The normalized spacial score (nSPS) is 11.4. The van der Waals surface area contributed by atoms with Crippen LogP contribution in [0.2, 0.25) is 0 Å². The van der Waals surface area contributed by atoms with E-state index in [1.54, 1.807) is 36.4 Å². The number of aromatic nitrogens is 2. The van der Waals surface area contributed by atoms with Gasteiger partial charge in [0.15, 0.2) is 22.4 Å². The summed E-state index contributed by atoms with van der Waals surface area (Å²) in [6, 6.07) is 33.0. The molecule has 0 aliphatic carbocycles. The molecular weight excluding hydrogens is 476 g/mol. The van der Waals surface area contributed by atoms with Gasteiger partial charge in [0, 0.05) is 21.5 Å². The Morgan fingerprint density at radius 2 is 0.868 bits per heavy atom. The van der Waals surface area contributed by atoms with Gasteiger partial charge in [0.05, 0.1) is 22.1 Å². The topological polar surface area (TPSA) is 84.2 Å². The van der Waals surface area contributed by atoms with E-state index in [2.05, 4.69) is 9.97 Å². The van der Waals surface area contributed by atoms with Crippen LogP contribution in [-0.4, -0.2) is 9.97 Å². The molecule has 0 aliphatic heterocycles. The van der Waals surface area contributed by atoms with Gasteiger partial charge in [-0.15, -0.1) is 0 Å². The van der Waals surface area contributed by atoms with Gasteiger partial charge in [-0.05, 0) is 60.7 Å². The van der Waals surface area contributed by atoms with Gasteiger partial charge in [-0.3, -0.25) is 9.59 Å². The zero-order valence-corrected chi connectivity index (χ0v) is 20.0. The number of pyridine rings is 2. The molecule has 7 rings (SSSR count). The molecule has 2 N–H and O–H groups in total. The SMILES string of the molecule is O=c1c2cc3[nH]c4c(Oc5ccccc5)cccc4c(=O)c3cc2[nH]c2c(Oc3ccccc3)cccc12. The summed E-state index contributed by atoms with van der Waals surface area (Å²) >= 11 is 0. The molecular formula is C32H20N2O4. The Morgan fingerprint density at radius 1 is 0.447 bits per heavy atom. The van der Waals surface area contributed by atoms with E-state index in [0.29, 0.717) is 66.6 Å². The first-order valence-electron chi connectivity index (χ1n) is 12.2. The first-order valence-corrected chi connectivity index (χ1v) is 12.2. The lowest BCUT2D eigenvalue weighted by Gasteiger charge is -2.12. The number of rotatable bonds is 4. The minimum Gasteiger partial charge on any atom is -0.455 e. The van der Waals surface area contributed by atoms with Crippen LogP contribution in [0, 0.1) is 0 Å². The highest BCUT2D eigenvalue weighted by atomic mass is 16.5. The van der Waals surface area contributed by atoms with Crippen LogP contribution in [0.5, 0.6) is 23.0 Å². The van der Waals surface area contributed by atoms with Crippen molar-refractivity contribution in [3.63, 3.8) is 0 Å². The maximum atomic E-state index is 13.6. The second kappa shape index (κ2) is 8.64. The van der Waals surface area contributed by atoms with Crippen LogP contribution in [-0.2, 0) is 0 Å². The highest BCUT2D eigenvalue weighted by molar-refractivity contribution is 6.04. The largest absolute Gasteiger partial charge is 0.455 e. The zero-order valence-electron chi connectivity index (χ0n) is 20.0. The summed E-state index contributed by atoms with van der Waals surface area (Å²) in [7, 11) is 0. The third kappa shape index (κ3) is 3.59. The maximum Gasteiger partial charge on any atom is 0.197 e. The quantitative estimate of drug-likeness (QED) is 0.251. The predicted molar refractivity (Wildman–Crippen MR) is 151 cm³/mol. The van der Waals surface area contributed by atoms with Crippen LogP contribution in [0.15, 0.2) is 119 Å². The molecule has 0 amide bonds. The van der Waals surface area contributed by atoms with Crippen LogP contribution in [0.4, 0.5) is 0 Å². The summed E-state index contributed by atoms with van der Waals surface area (Å²) in [5.74, 6) is 2.39. The summed E-state index contributed by atoms with van der Waals surface area (Å²) in [6.07, 6.45) is 0. The lowest BCUT2D eigenvalue weighted by atomic mass is 10.0. The predicted octanol–water partition coefficient (Wildman–Crippen LogP) is 7.26. The number of hydrogen-bond acceptors (Lipinski definition) is 4. The number of fused-ring (bicyclic) bond motifs is 4. The molecule has 0 atom stereocenters. The number of H-pyrrole nitrogens is 2. The minimum atomic E-state index is -0.149. The molecule has 2 aromatic heterocycles. The minimum absolute atomic E-state index is 0.149. The van der Waals surface area contributed by atoms with Crippen molar-refractivity contribution >= 4 is 43.6 Å². The Kier molecular flexibility index (Phi) is 4.97. The molecule has 5 aromatic carbocycles. The first-order chi connectivity index (χ1) is 18.7. The van der Waals surface area contributed by atoms with Crippen molar-refractivity contribution in [1.29, 1.82) is 0 Å². The second-order valence-corrected chi connectivity index (χ2v) is 9.04. The molecule has 7 aromatic rings. The Morgan fingerprint density at radius 3 is 1.29 bits per heavy atom. The molecule has 0 fully saturated rings. The van der Waals surface area contributed by atoms with E-state index in [9.17, 15) is 9.59 Å². The van der Waals surface area contributed by atoms with Crippen LogP contribution in [0.25, 0.3) is 43.6 Å². The third-order valence-electron chi connectivity index (χ3n) is 6.65. The molecule has 38 heavy (non-hydrogen) atoms. The van der Waals surface area contributed by atoms with Crippen molar-refractivity contribution in [1.82, 2.24) is 9.97 Å². The van der Waals surface area contributed by atoms with Crippen LogP contribution >= 0.6 is 0 Å². The van der Waals surface area contributed by atoms with Gasteiger partial charge >= 0.3 is 0 Å². The molecule has 6 heteroatoms. The molecule has 2 heterocycles. The highest BCUT2D eigenvalue weighted by Crippen LogP contribution is 2.31. The van der Waals surface area contributed by atoms with Gasteiger partial charge in [-0.1, -0.05) is 48.5 Å². The second-order valence-electron chi connectivity index (χ2n) is 9.04. The Balaban J connectivity index is 1.45. The average molecular weight is 497 g/mol. The Bertz CT molecular complexity index is 1960. The molecule has 0 radical (unpaired) electrons. The van der Waals surface area contributed by atoms with E-state index in [4.69, 9.17) is 9.47 Å². The number of para-hydroxylation sites is 4. The van der Waals surface area contributed by atoms with Gasteiger partial charge in [0.25, 0.3) is 0 Å². The van der Waals surface area contributed by atoms with Gasteiger partial charge in [-0.2, -0.15) is 0 Å². The zero-order chi connectivity index (χ0) is 25.6. The van der Waals surface area contributed by atoms with Crippen molar-refractivity contribution in [2.75, 3.05) is 0 Å². The summed E-state index contributed by atoms with van der Waals surface area (Å²) < 4.78 is 12.1. The van der Waals surface area contributed by atoms with Crippen molar-refractivity contribution < 1.29 is 9.47 Å². The summed E-state index contributed by atoms with van der Waals surface area (Å²) in [5.41, 5.74) is 1.96. The fourth-order valence-electron chi connectivity index (χ4n) is 4.84. The van der Waals surface area contributed by atoms with Gasteiger partial charge in [0.2, 0.25) is 0 Å². The van der Waals surface area contributed by atoms with Crippen LogP contribution < -0.4 is 20.3 Å². The fourth-order valence-corrected chi connectivity index (χ4v) is 4.84. The van der Waals surface area contributed by atoms with Crippen LogP contribution in [0.1, 0.15) is 0 Å². The fraction of sp³-hybridized carbons (Fsp3) is 0. The molecule has 182 valence electrons. The lowest BCUT2D eigenvalue weighted by Crippen LogP contribution is -2.09. The highest BCUT2D eigenvalue weighted by Gasteiger charge is 2.15. The summed E-state index contributed by atoms with van der Waals surface area (Å²) in [6.45, 7) is 0. The standard InChI is InChI=1S/C32H20N2O4/c35-31-21-13-7-15-27(37-19-9-3-1-4-10-19)29(21)33-25-17-24-26(18-23(25)31)34-30-22(32(24)36)14-8-16-28(30)38-20-11-5-2-6-12-20/h1-18H,(H,33,35)(H,34,36). The summed E-state index contributed by atoms with van der Waals surface area (Å²) in [4.78, 5) is 33.9. The molecule has 0 saturated carbocycles. The Labute approximate surface area is 215 Å². The molecule has 0 saturated heterocycles. The maximum absolute atomic E-state index is 13.6. The third-order valence-corrected chi connectivity index (χ3v) is 6.65. The number of ether oxygens (including phenoxy) is 2. The number of benzene rings is 5. The number of nitrogens with one attached hydrogen (secondary N) is 2. The van der Waals surface area contributed by atoms with Gasteiger partial charge in [0.1, 0.15) is 11.5 Å². The first kappa shape index (κ1) is 21.9. The monoisotopic (exact) mass is 496 g/mol. The van der Waals surface area contributed by atoms with E-state index in [1.165, 1.54) is 0 Å². The summed E-state index contributed by atoms with van der Waals surface area (Å²) in [5, 5.41) is 1.94. The molecule has 0 aliphatic rings. The molecule has 0 bridgehead atoms. The number of aromatic amines is 2.